The second kappa shape index (κ2) is 3.38. The van der Waals surface area contributed by atoms with E-state index in [0.717, 1.165) is 5.56 Å². The topological polar surface area (TPSA) is 29.5 Å². The Hall–Kier alpha value is -1.23. The molecule has 2 rings (SSSR count). The van der Waals surface area contributed by atoms with E-state index in [0.29, 0.717) is 5.56 Å². The van der Waals surface area contributed by atoms with Crippen LogP contribution in [0.25, 0.3) is 0 Å². The van der Waals surface area contributed by atoms with E-state index in [1.807, 2.05) is 6.92 Å². The number of hydrogen-bond acceptors (Lipinski definition) is 2. The van der Waals surface area contributed by atoms with Crippen molar-refractivity contribution in [2.75, 3.05) is 0 Å². The molecule has 0 aromatic heterocycles. The average Bonchev–Trinajstić information content (AvgIpc) is 2.17. The summed E-state index contributed by atoms with van der Waals surface area (Å²) in [6.07, 6.45) is -5.07. The summed E-state index contributed by atoms with van der Waals surface area (Å²) in [4.78, 5) is 0. The minimum Gasteiger partial charge on any atom is -0.453 e. The standard InChI is InChI=1S/C11H11F3O2/c1-7-2-3-9-8(6-7)4-5-10(15,16-9)11(12,13)14/h2-3,6,15H,4-5H2,1H3. The molecule has 1 N–H and O–H groups in total. The first-order valence-electron chi connectivity index (χ1n) is 4.89. The van der Waals surface area contributed by atoms with Crippen LogP contribution < -0.4 is 4.74 Å². The Balaban J connectivity index is 2.34. The second-order valence-corrected chi connectivity index (χ2v) is 4.00. The van der Waals surface area contributed by atoms with E-state index < -0.39 is 18.4 Å². The molecule has 16 heavy (non-hydrogen) atoms. The molecular weight excluding hydrogens is 221 g/mol. The van der Waals surface area contributed by atoms with Gasteiger partial charge in [-0.25, -0.2) is 0 Å². The fraction of sp³-hybridized carbons (Fsp3) is 0.455. The molecule has 1 aliphatic rings. The lowest BCUT2D eigenvalue weighted by Crippen LogP contribution is -2.52. The number of rotatable bonds is 0. The molecule has 0 fully saturated rings. The van der Waals surface area contributed by atoms with E-state index in [1.165, 1.54) is 6.07 Å². The van der Waals surface area contributed by atoms with Crippen molar-refractivity contribution >= 4 is 0 Å². The molecule has 1 aromatic carbocycles. The molecule has 0 bridgehead atoms. The van der Waals surface area contributed by atoms with Crippen molar-refractivity contribution in [2.24, 2.45) is 0 Å². The van der Waals surface area contributed by atoms with E-state index in [-0.39, 0.29) is 12.2 Å². The van der Waals surface area contributed by atoms with E-state index in [4.69, 9.17) is 0 Å². The molecule has 0 radical (unpaired) electrons. The molecule has 88 valence electrons. The van der Waals surface area contributed by atoms with Gasteiger partial charge in [-0.2, -0.15) is 13.2 Å². The molecule has 1 unspecified atom stereocenters. The maximum absolute atomic E-state index is 12.5. The van der Waals surface area contributed by atoms with Gasteiger partial charge in [-0.15, -0.1) is 0 Å². The Morgan fingerprint density at radius 2 is 2.06 bits per heavy atom. The van der Waals surface area contributed by atoms with Gasteiger partial charge in [0.25, 0.3) is 0 Å². The molecule has 0 saturated carbocycles. The smallest absolute Gasteiger partial charge is 0.453 e. The molecule has 0 spiro atoms. The highest BCUT2D eigenvalue weighted by Gasteiger charge is 2.57. The predicted molar refractivity (Wildman–Crippen MR) is 51.1 cm³/mol. The van der Waals surface area contributed by atoms with Crippen molar-refractivity contribution in [3.05, 3.63) is 29.3 Å². The van der Waals surface area contributed by atoms with Gasteiger partial charge in [-0.05, 0) is 25.0 Å². The van der Waals surface area contributed by atoms with Crippen LogP contribution in [0.4, 0.5) is 13.2 Å². The van der Waals surface area contributed by atoms with E-state index in [1.54, 1.807) is 12.1 Å². The first-order valence-corrected chi connectivity index (χ1v) is 4.89. The molecule has 5 heteroatoms. The minimum absolute atomic E-state index is 0.108. The molecule has 1 aromatic rings. The molecule has 1 atom stereocenters. The summed E-state index contributed by atoms with van der Waals surface area (Å²) in [6, 6.07) is 4.88. The largest absolute Gasteiger partial charge is 0.455 e. The number of halogens is 3. The summed E-state index contributed by atoms with van der Waals surface area (Å²) in [5.74, 6) is -2.94. The summed E-state index contributed by atoms with van der Waals surface area (Å²) in [6.45, 7) is 1.85. The highest BCUT2D eigenvalue weighted by Crippen LogP contribution is 2.41. The van der Waals surface area contributed by atoms with E-state index in [2.05, 4.69) is 4.74 Å². The molecule has 1 aliphatic heterocycles. The number of aryl methyl sites for hydroxylation is 2. The van der Waals surface area contributed by atoms with Crippen molar-refractivity contribution in [1.29, 1.82) is 0 Å². The highest BCUT2D eigenvalue weighted by atomic mass is 19.4. The number of benzene rings is 1. The molecule has 0 amide bonds. The zero-order valence-corrected chi connectivity index (χ0v) is 8.64. The van der Waals surface area contributed by atoms with Gasteiger partial charge < -0.3 is 9.84 Å². The fourth-order valence-corrected chi connectivity index (χ4v) is 1.74. The summed E-state index contributed by atoms with van der Waals surface area (Å²) in [7, 11) is 0. The zero-order chi connectivity index (χ0) is 12.0. The van der Waals surface area contributed by atoms with Crippen LogP contribution in [0.15, 0.2) is 18.2 Å². The Morgan fingerprint density at radius 3 is 2.69 bits per heavy atom. The first-order chi connectivity index (χ1) is 7.32. The van der Waals surface area contributed by atoms with Gasteiger partial charge in [0.1, 0.15) is 5.75 Å². The van der Waals surface area contributed by atoms with Crippen LogP contribution in [-0.4, -0.2) is 17.1 Å². The number of hydrogen-bond donors (Lipinski definition) is 1. The number of ether oxygens (including phenoxy) is 1. The summed E-state index contributed by atoms with van der Waals surface area (Å²) < 4.78 is 42.2. The predicted octanol–water partition coefficient (Wildman–Crippen LogP) is 2.57. The van der Waals surface area contributed by atoms with Gasteiger partial charge in [0.05, 0.1) is 0 Å². The van der Waals surface area contributed by atoms with Crippen LogP contribution in [-0.2, 0) is 6.42 Å². The third kappa shape index (κ3) is 1.75. The maximum Gasteiger partial charge on any atom is 0.455 e. The van der Waals surface area contributed by atoms with Gasteiger partial charge in [0, 0.05) is 6.42 Å². The first kappa shape index (κ1) is 11.3. The minimum atomic E-state index is -4.77. The third-order valence-corrected chi connectivity index (χ3v) is 2.67. The summed E-state index contributed by atoms with van der Waals surface area (Å²) in [5, 5.41) is 9.38. The monoisotopic (exact) mass is 232 g/mol. The summed E-state index contributed by atoms with van der Waals surface area (Å²) >= 11 is 0. The van der Waals surface area contributed by atoms with Gasteiger partial charge in [-0.1, -0.05) is 17.7 Å². The molecule has 1 heterocycles. The highest BCUT2D eigenvalue weighted by molar-refractivity contribution is 5.39. The average molecular weight is 232 g/mol. The second-order valence-electron chi connectivity index (χ2n) is 4.00. The van der Waals surface area contributed by atoms with Gasteiger partial charge >= 0.3 is 12.0 Å². The van der Waals surface area contributed by atoms with Crippen LogP contribution in [0.3, 0.4) is 0 Å². The summed E-state index contributed by atoms with van der Waals surface area (Å²) in [5.41, 5.74) is 1.66. The van der Waals surface area contributed by atoms with E-state index in [9.17, 15) is 18.3 Å². The lowest BCUT2D eigenvalue weighted by Gasteiger charge is -2.35. The lowest BCUT2D eigenvalue weighted by atomic mass is 9.98. The lowest BCUT2D eigenvalue weighted by molar-refractivity contribution is -0.340. The Labute approximate surface area is 90.7 Å². The number of fused-ring (bicyclic) bond motifs is 1. The number of alkyl halides is 3. The molecule has 0 aliphatic carbocycles. The maximum atomic E-state index is 12.5. The van der Waals surface area contributed by atoms with Gasteiger partial charge in [0.15, 0.2) is 0 Å². The van der Waals surface area contributed by atoms with E-state index >= 15 is 0 Å². The van der Waals surface area contributed by atoms with Crippen LogP contribution in [0.2, 0.25) is 0 Å². The van der Waals surface area contributed by atoms with Crippen molar-refractivity contribution in [3.63, 3.8) is 0 Å². The Kier molecular flexibility index (Phi) is 2.38. The Bertz CT molecular complexity index is 414. The van der Waals surface area contributed by atoms with Crippen LogP contribution >= 0.6 is 0 Å². The molecule has 2 nitrogen and oxygen atoms in total. The third-order valence-electron chi connectivity index (χ3n) is 2.67. The molecular formula is C11H11F3O2. The van der Waals surface area contributed by atoms with Crippen LogP contribution in [0, 0.1) is 6.92 Å². The normalized spacial score (nSPS) is 24.8. The number of aliphatic hydroxyl groups is 1. The SMILES string of the molecule is Cc1ccc2c(c1)CCC(O)(C(F)(F)F)O2. The quantitative estimate of drug-likeness (QED) is 0.745. The van der Waals surface area contributed by atoms with Crippen LogP contribution in [0.1, 0.15) is 17.5 Å². The van der Waals surface area contributed by atoms with Crippen molar-refractivity contribution in [3.8, 4) is 5.75 Å². The van der Waals surface area contributed by atoms with Crippen molar-refractivity contribution < 1.29 is 23.0 Å². The Morgan fingerprint density at radius 1 is 1.38 bits per heavy atom. The zero-order valence-electron chi connectivity index (χ0n) is 8.64. The van der Waals surface area contributed by atoms with Crippen LogP contribution in [0.5, 0.6) is 5.75 Å². The van der Waals surface area contributed by atoms with Gasteiger partial charge in [-0.3, -0.25) is 0 Å². The van der Waals surface area contributed by atoms with Gasteiger partial charge in [0.2, 0.25) is 0 Å². The van der Waals surface area contributed by atoms with Crippen molar-refractivity contribution in [1.82, 2.24) is 0 Å². The molecule has 0 saturated heterocycles. The fourth-order valence-electron chi connectivity index (χ4n) is 1.74. The van der Waals surface area contributed by atoms with Crippen molar-refractivity contribution in [2.45, 2.75) is 31.7 Å².